The molecule has 0 radical (unpaired) electrons. The first-order valence-electron chi connectivity index (χ1n) is 5.14. The highest BCUT2D eigenvalue weighted by Crippen LogP contribution is 2.26. The first-order valence-corrected chi connectivity index (χ1v) is 8.22. The SMILES string of the molecule is CC(C)[Si](C)(C)c1c(F)c(F)c(F)c(F)c1F. The Morgan fingerprint density at radius 3 is 1.29 bits per heavy atom. The lowest BCUT2D eigenvalue weighted by Gasteiger charge is -2.28. The summed E-state index contributed by atoms with van der Waals surface area (Å²) in [6, 6.07) is 0. The van der Waals surface area contributed by atoms with Crippen LogP contribution in [0.1, 0.15) is 13.8 Å². The van der Waals surface area contributed by atoms with Gasteiger partial charge in [0.05, 0.1) is 8.07 Å². The second kappa shape index (κ2) is 4.40. The largest absolute Gasteiger partial charge is 0.204 e. The van der Waals surface area contributed by atoms with Crippen molar-refractivity contribution in [1.29, 1.82) is 0 Å². The number of halogens is 5. The van der Waals surface area contributed by atoms with Crippen molar-refractivity contribution >= 4 is 13.3 Å². The maximum absolute atomic E-state index is 13.6. The lowest BCUT2D eigenvalue weighted by Crippen LogP contribution is -2.49. The average Bonchev–Trinajstić information content (AvgIpc) is 2.23. The molecule has 0 spiro atoms. The van der Waals surface area contributed by atoms with Gasteiger partial charge in [-0.05, 0) is 5.54 Å². The predicted octanol–water partition coefficient (Wildman–Crippen LogP) is 3.71. The molecule has 6 heteroatoms. The standard InChI is InChI=1S/C11H13F5Si/c1-5(2)17(3,4)11-9(15)7(13)6(12)8(14)10(11)16/h5H,1-4H3. The van der Waals surface area contributed by atoms with E-state index in [1.807, 2.05) is 0 Å². The molecule has 0 aliphatic heterocycles. The molecule has 0 heterocycles. The summed E-state index contributed by atoms with van der Waals surface area (Å²) in [7, 11) is -2.73. The summed E-state index contributed by atoms with van der Waals surface area (Å²) >= 11 is 0. The molecule has 0 bridgehead atoms. The molecule has 1 aromatic carbocycles. The minimum atomic E-state index is -2.73. The van der Waals surface area contributed by atoms with Crippen LogP contribution in [0.2, 0.25) is 18.6 Å². The molecular weight excluding hydrogens is 255 g/mol. The van der Waals surface area contributed by atoms with Gasteiger partial charge in [-0.3, -0.25) is 0 Å². The fraction of sp³-hybridized carbons (Fsp3) is 0.455. The Morgan fingerprint density at radius 1 is 0.706 bits per heavy atom. The lowest BCUT2D eigenvalue weighted by molar-refractivity contribution is 0.383. The summed E-state index contributed by atoms with van der Waals surface area (Å²) < 4.78 is 66.1. The van der Waals surface area contributed by atoms with Gasteiger partial charge in [-0.1, -0.05) is 26.9 Å². The van der Waals surface area contributed by atoms with Crippen LogP contribution in [0.4, 0.5) is 22.0 Å². The van der Waals surface area contributed by atoms with E-state index in [0.717, 1.165) is 0 Å². The third-order valence-electron chi connectivity index (χ3n) is 3.30. The second-order valence-corrected chi connectivity index (χ2v) is 9.92. The van der Waals surface area contributed by atoms with Crippen molar-refractivity contribution in [3.63, 3.8) is 0 Å². The van der Waals surface area contributed by atoms with Crippen LogP contribution in [0.25, 0.3) is 0 Å². The summed E-state index contributed by atoms with van der Waals surface area (Å²) in [5, 5.41) is -0.621. The minimum absolute atomic E-state index is 0.143. The van der Waals surface area contributed by atoms with Crippen molar-refractivity contribution in [2.24, 2.45) is 0 Å². The van der Waals surface area contributed by atoms with Gasteiger partial charge in [-0.25, -0.2) is 22.0 Å². The highest BCUT2D eigenvalue weighted by molar-refractivity contribution is 6.91. The van der Waals surface area contributed by atoms with Crippen LogP contribution < -0.4 is 5.19 Å². The van der Waals surface area contributed by atoms with Crippen molar-refractivity contribution < 1.29 is 22.0 Å². The highest BCUT2D eigenvalue weighted by atomic mass is 28.3. The molecule has 0 fully saturated rings. The first kappa shape index (κ1) is 14.1. The fourth-order valence-corrected chi connectivity index (χ4v) is 3.39. The monoisotopic (exact) mass is 268 g/mol. The molecule has 0 nitrogen and oxygen atoms in total. The van der Waals surface area contributed by atoms with E-state index in [1.165, 1.54) is 0 Å². The van der Waals surface area contributed by atoms with Crippen LogP contribution in [0.5, 0.6) is 0 Å². The van der Waals surface area contributed by atoms with Crippen molar-refractivity contribution in [3.05, 3.63) is 29.1 Å². The van der Waals surface area contributed by atoms with E-state index >= 15 is 0 Å². The van der Waals surface area contributed by atoms with Gasteiger partial charge in [0, 0.05) is 5.19 Å². The predicted molar refractivity (Wildman–Crippen MR) is 58.4 cm³/mol. The van der Waals surface area contributed by atoms with E-state index in [0.29, 0.717) is 0 Å². The van der Waals surface area contributed by atoms with Gasteiger partial charge in [-0.15, -0.1) is 0 Å². The normalized spacial score (nSPS) is 12.4. The third kappa shape index (κ3) is 2.10. The first-order chi connectivity index (χ1) is 7.62. The van der Waals surface area contributed by atoms with E-state index in [1.54, 1.807) is 26.9 Å². The van der Waals surface area contributed by atoms with Crippen LogP contribution in [0, 0.1) is 29.1 Å². The molecule has 0 unspecified atom stereocenters. The van der Waals surface area contributed by atoms with Gasteiger partial charge in [0.1, 0.15) is 0 Å². The summed E-state index contributed by atoms with van der Waals surface area (Å²) in [5.41, 5.74) is -0.143. The average molecular weight is 268 g/mol. The van der Waals surface area contributed by atoms with Gasteiger partial charge in [0.25, 0.3) is 0 Å². The van der Waals surface area contributed by atoms with Gasteiger partial charge in [0.2, 0.25) is 5.82 Å². The molecule has 0 saturated heterocycles. The molecule has 0 aromatic heterocycles. The maximum atomic E-state index is 13.6. The van der Waals surface area contributed by atoms with Crippen LogP contribution in [-0.4, -0.2) is 8.07 Å². The number of hydrogen-bond donors (Lipinski definition) is 0. The van der Waals surface area contributed by atoms with E-state index in [9.17, 15) is 22.0 Å². The second-order valence-electron chi connectivity index (χ2n) is 4.82. The quantitative estimate of drug-likeness (QED) is 0.332. The Morgan fingerprint density at radius 2 is 1.00 bits per heavy atom. The molecule has 0 aliphatic carbocycles. The summed E-state index contributed by atoms with van der Waals surface area (Å²) in [6.07, 6.45) is 0. The van der Waals surface area contributed by atoms with Crippen molar-refractivity contribution in [2.75, 3.05) is 0 Å². The Bertz CT molecular complexity index is 425. The van der Waals surface area contributed by atoms with Crippen molar-refractivity contribution in [2.45, 2.75) is 32.5 Å². The summed E-state index contributed by atoms with van der Waals surface area (Å²) in [6.45, 7) is 6.58. The maximum Gasteiger partial charge on any atom is 0.200 e. The van der Waals surface area contributed by atoms with Gasteiger partial charge < -0.3 is 0 Å². The lowest BCUT2D eigenvalue weighted by atomic mass is 10.3. The Labute approximate surface area is 97.5 Å². The zero-order chi connectivity index (χ0) is 13.5. The van der Waals surface area contributed by atoms with Crippen LogP contribution in [-0.2, 0) is 0 Å². The molecule has 17 heavy (non-hydrogen) atoms. The zero-order valence-electron chi connectivity index (χ0n) is 9.97. The summed E-state index contributed by atoms with van der Waals surface area (Å²) in [4.78, 5) is 0. The highest BCUT2D eigenvalue weighted by Gasteiger charge is 2.38. The number of benzene rings is 1. The number of rotatable bonds is 2. The van der Waals surface area contributed by atoms with E-state index in [4.69, 9.17) is 0 Å². The van der Waals surface area contributed by atoms with Crippen LogP contribution in [0.15, 0.2) is 0 Å². The summed E-state index contributed by atoms with van der Waals surface area (Å²) in [5.74, 6) is -9.20. The molecule has 0 saturated carbocycles. The molecule has 96 valence electrons. The molecule has 0 N–H and O–H groups in total. The van der Waals surface area contributed by atoms with Crippen molar-refractivity contribution in [1.82, 2.24) is 0 Å². The van der Waals surface area contributed by atoms with Gasteiger partial charge >= 0.3 is 0 Å². The van der Waals surface area contributed by atoms with E-state index < -0.39 is 42.3 Å². The smallest absolute Gasteiger partial charge is 0.200 e. The Balaban J connectivity index is 3.66. The third-order valence-corrected chi connectivity index (χ3v) is 7.91. The van der Waals surface area contributed by atoms with E-state index in [2.05, 4.69) is 0 Å². The van der Waals surface area contributed by atoms with Gasteiger partial charge in [0.15, 0.2) is 23.3 Å². The van der Waals surface area contributed by atoms with Crippen LogP contribution in [0.3, 0.4) is 0 Å². The number of hydrogen-bond acceptors (Lipinski definition) is 0. The zero-order valence-corrected chi connectivity index (χ0v) is 11.0. The molecular formula is C11H13F5Si. The minimum Gasteiger partial charge on any atom is -0.204 e. The molecule has 0 atom stereocenters. The molecule has 1 rings (SSSR count). The molecule has 1 aromatic rings. The van der Waals surface area contributed by atoms with Gasteiger partial charge in [-0.2, -0.15) is 0 Å². The van der Waals surface area contributed by atoms with E-state index in [-0.39, 0.29) is 5.54 Å². The van der Waals surface area contributed by atoms with Crippen LogP contribution >= 0.6 is 0 Å². The Kier molecular flexibility index (Phi) is 3.66. The molecule has 0 amide bonds. The molecule has 0 aliphatic rings. The van der Waals surface area contributed by atoms with Crippen molar-refractivity contribution in [3.8, 4) is 0 Å². The Hall–Kier alpha value is -0.913. The topological polar surface area (TPSA) is 0 Å². The fourth-order valence-electron chi connectivity index (χ4n) is 1.46.